The Hall–Kier alpha value is -0.710. The molecule has 0 aliphatic carbocycles. The van der Waals surface area contributed by atoms with E-state index in [2.05, 4.69) is 27.0 Å². The zero-order valence-electron chi connectivity index (χ0n) is 11.0. The van der Waals surface area contributed by atoms with Crippen molar-refractivity contribution < 1.29 is 9.53 Å². The van der Waals surface area contributed by atoms with Crippen molar-refractivity contribution in [3.05, 3.63) is 10.7 Å². The van der Waals surface area contributed by atoms with Crippen LogP contribution in [0.15, 0.2) is 10.7 Å². The van der Waals surface area contributed by atoms with Crippen molar-refractivity contribution in [2.75, 3.05) is 26.2 Å². The quantitative estimate of drug-likeness (QED) is 0.747. The molecule has 0 unspecified atom stereocenters. The molecular weight excluding hydrogens is 284 g/mol. The highest BCUT2D eigenvalue weighted by atomic mass is 79.9. The highest BCUT2D eigenvalue weighted by Gasteiger charge is 2.24. The summed E-state index contributed by atoms with van der Waals surface area (Å²) in [5, 5.41) is 0. The number of carbonyl (C=O) groups is 1. The Kier molecular flexibility index (Phi) is 4.86. The van der Waals surface area contributed by atoms with Crippen molar-refractivity contribution in [1.82, 2.24) is 9.80 Å². The van der Waals surface area contributed by atoms with Gasteiger partial charge >= 0.3 is 6.09 Å². The number of halogens is 1. The first-order valence-electron chi connectivity index (χ1n) is 5.84. The van der Waals surface area contributed by atoms with Gasteiger partial charge in [0.25, 0.3) is 0 Å². The lowest BCUT2D eigenvalue weighted by Crippen LogP contribution is -2.48. The van der Waals surface area contributed by atoms with Gasteiger partial charge in [0.2, 0.25) is 0 Å². The molecule has 0 radical (unpaired) electrons. The van der Waals surface area contributed by atoms with Crippen molar-refractivity contribution in [3.8, 4) is 0 Å². The smallest absolute Gasteiger partial charge is 0.410 e. The van der Waals surface area contributed by atoms with E-state index in [-0.39, 0.29) is 6.09 Å². The zero-order chi connectivity index (χ0) is 13.1. The van der Waals surface area contributed by atoms with Crippen LogP contribution < -0.4 is 0 Å². The number of hydrogen-bond donors (Lipinski definition) is 0. The molecule has 1 rings (SSSR count). The summed E-state index contributed by atoms with van der Waals surface area (Å²) in [5.74, 6) is 0. The summed E-state index contributed by atoms with van der Waals surface area (Å²) >= 11 is 3.41. The van der Waals surface area contributed by atoms with Crippen LogP contribution >= 0.6 is 15.9 Å². The Balaban J connectivity index is 2.42. The summed E-state index contributed by atoms with van der Waals surface area (Å²) in [7, 11) is 0. The lowest BCUT2D eigenvalue weighted by molar-refractivity contribution is 0.0176. The van der Waals surface area contributed by atoms with Crippen LogP contribution in [-0.4, -0.2) is 47.7 Å². The number of hydrogen-bond acceptors (Lipinski definition) is 3. The molecule has 4 nitrogen and oxygen atoms in total. The molecule has 0 spiro atoms. The van der Waals surface area contributed by atoms with Crippen LogP contribution in [-0.2, 0) is 4.74 Å². The minimum absolute atomic E-state index is 0.211. The van der Waals surface area contributed by atoms with Gasteiger partial charge in [0, 0.05) is 36.9 Å². The van der Waals surface area contributed by atoms with E-state index in [1.54, 1.807) is 4.90 Å². The third kappa shape index (κ3) is 5.44. The maximum Gasteiger partial charge on any atom is 0.410 e. The minimum atomic E-state index is -0.416. The first kappa shape index (κ1) is 14.4. The lowest BCUT2D eigenvalue weighted by Gasteiger charge is -2.35. The maximum atomic E-state index is 11.8. The molecule has 1 fully saturated rings. The topological polar surface area (TPSA) is 32.8 Å². The second kappa shape index (κ2) is 5.76. The summed E-state index contributed by atoms with van der Waals surface area (Å²) in [6.45, 7) is 10.8. The van der Waals surface area contributed by atoms with Gasteiger partial charge in [-0.3, -0.25) is 0 Å². The lowest BCUT2D eigenvalue weighted by atomic mass is 10.2. The van der Waals surface area contributed by atoms with E-state index in [4.69, 9.17) is 4.74 Å². The van der Waals surface area contributed by atoms with E-state index in [1.165, 1.54) is 0 Å². The number of carbonyl (C=O) groups excluding carboxylic acids is 1. The third-order valence-corrected chi connectivity index (χ3v) is 2.53. The van der Waals surface area contributed by atoms with Crippen molar-refractivity contribution in [3.63, 3.8) is 0 Å². The zero-order valence-corrected chi connectivity index (χ0v) is 12.6. The number of allylic oxidation sites excluding steroid dienone is 1. The van der Waals surface area contributed by atoms with Crippen molar-refractivity contribution in [2.24, 2.45) is 0 Å². The van der Waals surface area contributed by atoms with Crippen LogP contribution in [0.2, 0.25) is 0 Å². The molecule has 5 heteroatoms. The van der Waals surface area contributed by atoms with Crippen LogP contribution in [0.4, 0.5) is 4.79 Å². The molecule has 0 aromatic rings. The van der Waals surface area contributed by atoms with Gasteiger partial charge in [-0.25, -0.2) is 4.79 Å². The molecule has 0 atom stereocenters. The number of ether oxygens (including phenoxy) is 1. The Morgan fingerprint density at radius 2 is 1.76 bits per heavy atom. The Bertz CT molecular complexity index is 298. The van der Waals surface area contributed by atoms with E-state index >= 15 is 0 Å². The molecule has 0 aromatic heterocycles. The molecule has 1 aliphatic rings. The highest BCUT2D eigenvalue weighted by Crippen LogP contribution is 2.13. The third-order valence-electron chi connectivity index (χ3n) is 2.33. The fraction of sp³-hybridized carbons (Fsp3) is 0.750. The van der Waals surface area contributed by atoms with Gasteiger partial charge in [-0.15, -0.1) is 0 Å². The Morgan fingerprint density at radius 3 is 2.18 bits per heavy atom. The summed E-state index contributed by atoms with van der Waals surface area (Å²) in [6.07, 6.45) is 1.85. The SMILES string of the molecule is C/C(Br)=C/N1CCN(C(=O)OC(C)(C)C)CC1. The first-order chi connectivity index (χ1) is 7.78. The molecule has 0 saturated carbocycles. The number of piperazine rings is 1. The molecule has 0 N–H and O–H groups in total. The van der Waals surface area contributed by atoms with E-state index in [9.17, 15) is 4.79 Å². The van der Waals surface area contributed by atoms with E-state index < -0.39 is 5.60 Å². The normalized spacial score (nSPS) is 18.3. The Morgan fingerprint density at radius 1 is 1.24 bits per heavy atom. The van der Waals surface area contributed by atoms with Crippen molar-refractivity contribution >= 4 is 22.0 Å². The molecule has 1 aliphatic heterocycles. The van der Waals surface area contributed by atoms with Crippen LogP contribution in [0.5, 0.6) is 0 Å². The van der Waals surface area contributed by atoms with Gasteiger partial charge < -0.3 is 14.5 Å². The molecule has 1 heterocycles. The number of amides is 1. The maximum absolute atomic E-state index is 11.8. The van der Waals surface area contributed by atoms with Crippen LogP contribution in [0.25, 0.3) is 0 Å². The average Bonchev–Trinajstić information content (AvgIpc) is 2.15. The van der Waals surface area contributed by atoms with Crippen molar-refractivity contribution in [1.29, 1.82) is 0 Å². The second-order valence-corrected chi connectivity index (χ2v) is 6.47. The summed E-state index contributed by atoms with van der Waals surface area (Å²) in [5.41, 5.74) is -0.416. The predicted molar refractivity (Wildman–Crippen MR) is 72.1 cm³/mol. The van der Waals surface area contributed by atoms with Gasteiger partial charge in [0.1, 0.15) is 5.60 Å². The van der Waals surface area contributed by atoms with E-state index in [0.29, 0.717) is 13.1 Å². The minimum Gasteiger partial charge on any atom is -0.444 e. The number of nitrogens with zero attached hydrogens (tertiary/aromatic N) is 2. The van der Waals surface area contributed by atoms with Gasteiger partial charge in [-0.2, -0.15) is 0 Å². The van der Waals surface area contributed by atoms with Gasteiger partial charge in [0.15, 0.2) is 0 Å². The molecule has 1 saturated heterocycles. The van der Waals surface area contributed by atoms with E-state index in [1.807, 2.05) is 27.7 Å². The predicted octanol–water partition coefficient (Wildman–Crippen LogP) is 2.80. The number of rotatable bonds is 1. The van der Waals surface area contributed by atoms with Gasteiger partial charge in [-0.1, -0.05) is 15.9 Å². The van der Waals surface area contributed by atoms with Gasteiger partial charge in [0.05, 0.1) is 0 Å². The summed E-state index contributed by atoms with van der Waals surface area (Å²) in [6, 6.07) is 0. The van der Waals surface area contributed by atoms with Gasteiger partial charge in [-0.05, 0) is 27.7 Å². The fourth-order valence-corrected chi connectivity index (χ4v) is 1.90. The molecule has 0 bridgehead atoms. The molecule has 0 aromatic carbocycles. The highest BCUT2D eigenvalue weighted by molar-refractivity contribution is 9.11. The average molecular weight is 305 g/mol. The molecule has 1 amide bonds. The monoisotopic (exact) mass is 304 g/mol. The molecule has 17 heavy (non-hydrogen) atoms. The summed E-state index contributed by atoms with van der Waals surface area (Å²) in [4.78, 5) is 15.8. The fourth-order valence-electron chi connectivity index (χ4n) is 1.61. The second-order valence-electron chi connectivity index (χ2n) is 5.22. The Labute approximate surface area is 112 Å². The largest absolute Gasteiger partial charge is 0.444 e. The molecular formula is C12H21BrN2O2. The van der Waals surface area contributed by atoms with Crippen LogP contribution in [0, 0.1) is 0 Å². The van der Waals surface area contributed by atoms with E-state index in [0.717, 1.165) is 17.6 Å². The first-order valence-corrected chi connectivity index (χ1v) is 6.63. The summed E-state index contributed by atoms with van der Waals surface area (Å²) < 4.78 is 6.44. The molecule has 98 valence electrons. The standard InChI is InChI=1S/C12H21BrN2O2/c1-10(13)9-14-5-7-15(8-6-14)11(16)17-12(2,3)4/h9H,5-8H2,1-4H3/b10-9-. The van der Waals surface area contributed by atoms with Crippen molar-refractivity contribution in [2.45, 2.75) is 33.3 Å². The van der Waals surface area contributed by atoms with Crippen LogP contribution in [0.3, 0.4) is 0 Å². The van der Waals surface area contributed by atoms with Crippen LogP contribution in [0.1, 0.15) is 27.7 Å².